The molecule has 0 atom stereocenters. The third-order valence-corrected chi connectivity index (χ3v) is 2.95. The summed E-state index contributed by atoms with van der Waals surface area (Å²) >= 11 is 11.8. The quantitative estimate of drug-likeness (QED) is 0.726. The summed E-state index contributed by atoms with van der Waals surface area (Å²) in [7, 11) is 0. The van der Waals surface area contributed by atoms with Crippen molar-refractivity contribution < 1.29 is 9.59 Å². The van der Waals surface area contributed by atoms with Gasteiger partial charge in [0.2, 0.25) is 11.8 Å². The van der Waals surface area contributed by atoms with E-state index in [2.05, 4.69) is 10.6 Å². The molecular weight excluding hydrogens is 325 g/mol. The van der Waals surface area contributed by atoms with Crippen LogP contribution in [0.25, 0.3) is 0 Å². The first-order valence-corrected chi connectivity index (χ1v) is 6.46. The van der Waals surface area contributed by atoms with Gasteiger partial charge in [-0.25, -0.2) is 0 Å². The summed E-state index contributed by atoms with van der Waals surface area (Å²) in [6, 6.07) is 5.21. The molecule has 1 aromatic carbocycles. The fourth-order valence-electron chi connectivity index (χ4n) is 1.37. The number of halogens is 3. The summed E-state index contributed by atoms with van der Waals surface area (Å²) in [6.45, 7) is 0.219. The van der Waals surface area contributed by atoms with Crippen LogP contribution < -0.4 is 16.4 Å². The standard InChI is InChI=1S/C12H15Cl2N3O2.ClH/c13-9-2-1-8(10(14)5-9)3-4-16-12(19)7-17-11(18)6-15;/h1-2,5H,3-4,6-7,15H2,(H,16,19)(H,17,18);1H. The molecule has 0 aliphatic rings. The van der Waals surface area contributed by atoms with Crippen molar-refractivity contribution in [3.63, 3.8) is 0 Å². The van der Waals surface area contributed by atoms with E-state index >= 15 is 0 Å². The second-order valence-corrected chi connectivity index (χ2v) is 4.66. The number of carbonyl (C=O) groups excluding carboxylic acids is 2. The van der Waals surface area contributed by atoms with Gasteiger partial charge in [-0.05, 0) is 24.1 Å². The maximum atomic E-state index is 11.4. The van der Waals surface area contributed by atoms with Crippen molar-refractivity contribution in [2.24, 2.45) is 5.73 Å². The first kappa shape index (κ1) is 19.0. The molecule has 0 radical (unpaired) electrons. The Morgan fingerprint density at radius 1 is 1.15 bits per heavy atom. The zero-order valence-electron chi connectivity index (χ0n) is 10.6. The average Bonchev–Trinajstić information content (AvgIpc) is 2.38. The third kappa shape index (κ3) is 6.96. The Kier molecular flexibility index (Phi) is 9.33. The van der Waals surface area contributed by atoms with Crippen LogP contribution in [0, 0.1) is 0 Å². The van der Waals surface area contributed by atoms with Gasteiger partial charge in [0.1, 0.15) is 0 Å². The summed E-state index contributed by atoms with van der Waals surface area (Å²) in [4.78, 5) is 22.2. The lowest BCUT2D eigenvalue weighted by atomic mass is 10.1. The number of rotatable bonds is 6. The molecule has 0 bridgehead atoms. The number of benzene rings is 1. The Morgan fingerprint density at radius 2 is 1.85 bits per heavy atom. The maximum Gasteiger partial charge on any atom is 0.239 e. The smallest absolute Gasteiger partial charge is 0.239 e. The molecule has 112 valence electrons. The third-order valence-electron chi connectivity index (χ3n) is 2.36. The minimum atomic E-state index is -0.365. The normalized spacial score (nSPS) is 9.55. The van der Waals surface area contributed by atoms with Gasteiger partial charge >= 0.3 is 0 Å². The first-order chi connectivity index (χ1) is 9.02. The Bertz CT molecular complexity index is 469. The van der Waals surface area contributed by atoms with Crippen molar-refractivity contribution in [1.29, 1.82) is 0 Å². The Balaban J connectivity index is 0.00000361. The second-order valence-electron chi connectivity index (χ2n) is 3.82. The number of amides is 2. The zero-order chi connectivity index (χ0) is 14.3. The molecule has 0 unspecified atom stereocenters. The molecule has 0 saturated heterocycles. The monoisotopic (exact) mass is 339 g/mol. The highest BCUT2D eigenvalue weighted by Crippen LogP contribution is 2.20. The van der Waals surface area contributed by atoms with Crippen LogP contribution in [0.3, 0.4) is 0 Å². The van der Waals surface area contributed by atoms with Gasteiger partial charge in [-0.15, -0.1) is 12.4 Å². The molecule has 0 aliphatic heterocycles. The van der Waals surface area contributed by atoms with E-state index in [1.165, 1.54) is 0 Å². The highest BCUT2D eigenvalue weighted by molar-refractivity contribution is 6.35. The van der Waals surface area contributed by atoms with Crippen molar-refractivity contribution in [3.05, 3.63) is 33.8 Å². The van der Waals surface area contributed by atoms with E-state index < -0.39 is 0 Å². The van der Waals surface area contributed by atoms with Gasteiger partial charge < -0.3 is 16.4 Å². The minimum Gasteiger partial charge on any atom is -0.354 e. The van der Waals surface area contributed by atoms with Crippen molar-refractivity contribution >= 4 is 47.4 Å². The minimum absolute atomic E-state index is 0. The number of carbonyl (C=O) groups is 2. The molecule has 0 heterocycles. The zero-order valence-corrected chi connectivity index (χ0v) is 12.9. The maximum absolute atomic E-state index is 11.4. The fourth-order valence-corrected chi connectivity index (χ4v) is 1.88. The van der Waals surface area contributed by atoms with E-state index in [4.69, 9.17) is 28.9 Å². The Hall–Kier alpha value is -1.01. The molecule has 0 saturated carbocycles. The predicted octanol–water partition coefficient (Wildman–Crippen LogP) is 1.15. The van der Waals surface area contributed by atoms with E-state index in [1.54, 1.807) is 12.1 Å². The number of nitrogens with one attached hydrogen (secondary N) is 2. The molecule has 0 aromatic heterocycles. The molecule has 0 aliphatic carbocycles. The molecule has 8 heteroatoms. The van der Waals surface area contributed by atoms with Gasteiger partial charge in [0.15, 0.2) is 0 Å². The van der Waals surface area contributed by atoms with Crippen molar-refractivity contribution in [2.45, 2.75) is 6.42 Å². The van der Waals surface area contributed by atoms with Crippen LogP contribution in [-0.2, 0) is 16.0 Å². The number of nitrogens with two attached hydrogens (primary N) is 1. The lowest BCUT2D eigenvalue weighted by molar-refractivity contribution is -0.125. The van der Waals surface area contributed by atoms with Crippen LogP contribution in [0.1, 0.15) is 5.56 Å². The van der Waals surface area contributed by atoms with E-state index in [0.29, 0.717) is 23.0 Å². The first-order valence-electron chi connectivity index (χ1n) is 5.70. The topological polar surface area (TPSA) is 84.2 Å². The summed E-state index contributed by atoms with van der Waals surface area (Å²) < 4.78 is 0. The number of hydrogen-bond acceptors (Lipinski definition) is 3. The summed E-state index contributed by atoms with van der Waals surface area (Å²) in [5, 5.41) is 6.19. The van der Waals surface area contributed by atoms with Gasteiger partial charge in [-0.2, -0.15) is 0 Å². The molecule has 0 spiro atoms. The van der Waals surface area contributed by atoms with Crippen molar-refractivity contribution in [2.75, 3.05) is 19.6 Å². The molecule has 1 rings (SSSR count). The molecule has 4 N–H and O–H groups in total. The lowest BCUT2D eigenvalue weighted by Gasteiger charge is -2.07. The Morgan fingerprint density at radius 3 is 2.45 bits per heavy atom. The average molecular weight is 341 g/mol. The molecular formula is C12H16Cl3N3O2. The van der Waals surface area contributed by atoms with E-state index in [9.17, 15) is 9.59 Å². The number of hydrogen-bond donors (Lipinski definition) is 3. The predicted molar refractivity (Wildman–Crippen MR) is 82.5 cm³/mol. The summed E-state index contributed by atoms with van der Waals surface area (Å²) in [6.07, 6.45) is 0.590. The van der Waals surface area contributed by atoms with Gasteiger partial charge in [0.25, 0.3) is 0 Å². The molecule has 0 fully saturated rings. The van der Waals surface area contributed by atoms with Gasteiger partial charge in [0, 0.05) is 16.6 Å². The van der Waals surface area contributed by atoms with Gasteiger partial charge in [-0.3, -0.25) is 9.59 Å². The SMILES string of the molecule is Cl.NCC(=O)NCC(=O)NCCc1ccc(Cl)cc1Cl. The lowest BCUT2D eigenvalue weighted by Crippen LogP contribution is -2.40. The highest BCUT2D eigenvalue weighted by atomic mass is 35.5. The van der Waals surface area contributed by atoms with Crippen LogP contribution in [0.5, 0.6) is 0 Å². The molecule has 1 aromatic rings. The summed E-state index contributed by atoms with van der Waals surface area (Å²) in [5.74, 6) is -0.636. The van der Waals surface area contributed by atoms with Crippen LogP contribution in [0.4, 0.5) is 0 Å². The van der Waals surface area contributed by atoms with Gasteiger partial charge in [0.05, 0.1) is 13.1 Å². The van der Waals surface area contributed by atoms with Gasteiger partial charge in [-0.1, -0.05) is 29.3 Å². The highest BCUT2D eigenvalue weighted by Gasteiger charge is 2.05. The van der Waals surface area contributed by atoms with E-state index in [0.717, 1.165) is 5.56 Å². The molecule has 20 heavy (non-hydrogen) atoms. The molecule has 2 amide bonds. The fraction of sp³-hybridized carbons (Fsp3) is 0.333. The summed E-state index contributed by atoms with van der Waals surface area (Å²) in [5.41, 5.74) is 5.99. The Labute approximate surface area is 133 Å². The molecule has 5 nitrogen and oxygen atoms in total. The van der Waals surface area contributed by atoms with Crippen LogP contribution in [0.15, 0.2) is 18.2 Å². The van der Waals surface area contributed by atoms with Crippen LogP contribution in [0.2, 0.25) is 10.0 Å². The van der Waals surface area contributed by atoms with Crippen LogP contribution >= 0.6 is 35.6 Å². The van der Waals surface area contributed by atoms with Crippen LogP contribution in [-0.4, -0.2) is 31.4 Å². The van der Waals surface area contributed by atoms with Crippen molar-refractivity contribution in [1.82, 2.24) is 10.6 Å². The second kappa shape index (κ2) is 9.83. The van der Waals surface area contributed by atoms with E-state index in [-0.39, 0.29) is 37.3 Å². The van der Waals surface area contributed by atoms with E-state index in [1.807, 2.05) is 6.07 Å². The van der Waals surface area contributed by atoms with Crippen molar-refractivity contribution in [3.8, 4) is 0 Å². The largest absolute Gasteiger partial charge is 0.354 e.